The number of aromatic amines is 1. The van der Waals surface area contributed by atoms with Crippen molar-refractivity contribution in [3.63, 3.8) is 0 Å². The SMILES string of the molecule is O=c1c(CO[C@H]2O[C@H](CO)[C@@H](O)[C@H](O)[C@@H]2O)n[nH]n1CCCC[P+](c1ccccc1)(c1ccccc1)c1ccccc1. The van der Waals surface area contributed by atoms with Crippen molar-refractivity contribution in [3.8, 4) is 0 Å². The van der Waals surface area contributed by atoms with Crippen molar-refractivity contribution in [2.24, 2.45) is 0 Å². The Labute approximate surface area is 244 Å². The molecule has 4 aromatic rings. The molecule has 5 atom stereocenters. The van der Waals surface area contributed by atoms with Crippen molar-refractivity contribution in [3.05, 3.63) is 107 Å². The smallest absolute Gasteiger partial charge is 0.292 e. The first-order chi connectivity index (χ1) is 20.5. The third-order valence-electron chi connectivity index (χ3n) is 7.75. The van der Waals surface area contributed by atoms with E-state index in [4.69, 9.17) is 9.47 Å². The van der Waals surface area contributed by atoms with Crippen molar-refractivity contribution < 1.29 is 29.9 Å². The largest absolute Gasteiger partial charge is 0.394 e. The van der Waals surface area contributed by atoms with Crippen molar-refractivity contribution >= 4 is 23.2 Å². The van der Waals surface area contributed by atoms with Crippen LogP contribution in [0.2, 0.25) is 0 Å². The minimum Gasteiger partial charge on any atom is -0.394 e. The molecular formula is C31H37N3O7P+. The summed E-state index contributed by atoms with van der Waals surface area (Å²) in [5.74, 6) is 0. The van der Waals surface area contributed by atoms with Crippen LogP contribution in [0, 0.1) is 0 Å². The highest BCUT2D eigenvalue weighted by Crippen LogP contribution is 2.55. The van der Waals surface area contributed by atoms with E-state index in [0.29, 0.717) is 6.54 Å². The Bertz CT molecular complexity index is 1350. The standard InChI is InChI=1S/C31H36N3O7P/c35-20-26-27(36)28(37)29(38)31(41-26)40-21-25-30(39)34(33-32-25)18-10-11-19-42(22-12-4-1-5-13-22,23-14-6-2-7-15-23)24-16-8-3-9-17-24/h1-9,12-17,26-29,31,35-38H,10-11,18-21H2/p+1/t26-,27-,28+,29+,31+/m1/s1. The number of H-pyrrole nitrogens is 1. The van der Waals surface area contributed by atoms with Crippen molar-refractivity contribution in [2.45, 2.75) is 56.7 Å². The van der Waals surface area contributed by atoms with Crippen LogP contribution in [-0.2, 0) is 22.6 Å². The highest BCUT2D eigenvalue weighted by molar-refractivity contribution is 7.95. The van der Waals surface area contributed by atoms with E-state index in [0.717, 1.165) is 19.0 Å². The van der Waals surface area contributed by atoms with Gasteiger partial charge in [-0.3, -0.25) is 4.79 Å². The summed E-state index contributed by atoms with van der Waals surface area (Å²) in [6, 6.07) is 32.0. The molecule has 222 valence electrons. The molecule has 0 unspecified atom stereocenters. The lowest BCUT2D eigenvalue weighted by molar-refractivity contribution is -0.304. The van der Waals surface area contributed by atoms with Crippen LogP contribution in [0.1, 0.15) is 18.5 Å². The first-order valence-electron chi connectivity index (χ1n) is 14.1. The monoisotopic (exact) mass is 594 g/mol. The zero-order valence-corrected chi connectivity index (χ0v) is 24.0. The molecule has 0 aliphatic carbocycles. The number of ether oxygens (including phenoxy) is 2. The van der Waals surface area contributed by atoms with Gasteiger partial charge in [0.25, 0.3) is 5.56 Å². The van der Waals surface area contributed by atoms with Crippen LogP contribution < -0.4 is 21.5 Å². The summed E-state index contributed by atoms with van der Waals surface area (Å²) in [5.41, 5.74) is -0.263. The third-order valence-corrected chi connectivity index (χ3v) is 12.3. The predicted octanol–water partition coefficient (Wildman–Crippen LogP) is 0.662. The fourth-order valence-corrected chi connectivity index (χ4v) is 9.89. The minimum absolute atomic E-state index is 0.0895. The normalized spacial score (nSPS) is 22.7. The molecule has 1 aromatic heterocycles. The first kappa shape index (κ1) is 30.3. The Morgan fingerprint density at radius 1 is 0.810 bits per heavy atom. The Hall–Kier alpha value is -3.21. The number of aromatic nitrogens is 3. The molecule has 0 saturated carbocycles. The first-order valence-corrected chi connectivity index (χ1v) is 16.0. The Morgan fingerprint density at radius 2 is 1.36 bits per heavy atom. The molecule has 3 aromatic carbocycles. The lowest BCUT2D eigenvalue weighted by Crippen LogP contribution is -2.59. The van der Waals surface area contributed by atoms with Gasteiger partial charge in [0, 0.05) is 6.54 Å². The van der Waals surface area contributed by atoms with E-state index in [-0.39, 0.29) is 17.9 Å². The van der Waals surface area contributed by atoms with Gasteiger partial charge in [0.15, 0.2) is 12.0 Å². The summed E-state index contributed by atoms with van der Waals surface area (Å²) in [6.45, 7) is -0.414. The zero-order valence-electron chi connectivity index (χ0n) is 23.1. The average molecular weight is 595 g/mol. The maximum Gasteiger partial charge on any atom is 0.292 e. The second-order valence-electron chi connectivity index (χ2n) is 10.4. The van der Waals surface area contributed by atoms with Gasteiger partial charge in [0.05, 0.1) is 19.4 Å². The van der Waals surface area contributed by atoms with Gasteiger partial charge in [0.1, 0.15) is 47.6 Å². The van der Waals surface area contributed by atoms with E-state index in [1.54, 1.807) is 0 Å². The Morgan fingerprint density at radius 3 is 1.88 bits per heavy atom. The topological polar surface area (TPSA) is 150 Å². The number of nitrogens with one attached hydrogen (secondary N) is 1. The molecule has 0 radical (unpaired) electrons. The molecule has 1 aliphatic heterocycles. The zero-order chi connectivity index (χ0) is 29.5. The number of hydrogen-bond donors (Lipinski definition) is 5. The molecule has 5 N–H and O–H groups in total. The maximum atomic E-state index is 13.0. The minimum atomic E-state index is -1.96. The van der Waals surface area contributed by atoms with Crippen LogP contribution in [0.25, 0.3) is 0 Å². The number of benzene rings is 3. The van der Waals surface area contributed by atoms with Crippen LogP contribution in [0.5, 0.6) is 0 Å². The van der Waals surface area contributed by atoms with E-state index >= 15 is 0 Å². The lowest BCUT2D eigenvalue weighted by Gasteiger charge is -2.39. The second-order valence-corrected chi connectivity index (χ2v) is 14.0. The summed E-state index contributed by atoms with van der Waals surface area (Å²) in [5, 5.41) is 50.2. The number of rotatable bonds is 12. The summed E-state index contributed by atoms with van der Waals surface area (Å²) in [4.78, 5) is 13.0. The predicted molar refractivity (Wildman–Crippen MR) is 161 cm³/mol. The molecule has 0 spiro atoms. The number of hydrogen-bond acceptors (Lipinski definition) is 8. The van der Waals surface area contributed by atoms with Crippen molar-refractivity contribution in [1.29, 1.82) is 0 Å². The summed E-state index contributed by atoms with van der Waals surface area (Å²) < 4.78 is 12.3. The van der Waals surface area contributed by atoms with E-state index in [9.17, 15) is 25.2 Å². The van der Waals surface area contributed by atoms with E-state index in [1.165, 1.54) is 20.6 Å². The van der Waals surface area contributed by atoms with Crippen LogP contribution in [-0.4, -0.2) is 78.9 Å². The van der Waals surface area contributed by atoms with E-state index < -0.39 is 44.6 Å². The van der Waals surface area contributed by atoms with E-state index in [1.807, 2.05) is 18.2 Å². The Kier molecular flexibility index (Phi) is 9.97. The number of unbranched alkanes of at least 4 members (excludes halogenated alkanes) is 1. The summed E-state index contributed by atoms with van der Waals surface area (Å²) >= 11 is 0. The molecule has 10 nitrogen and oxygen atoms in total. The molecule has 1 fully saturated rings. The molecule has 1 aliphatic rings. The van der Waals surface area contributed by atoms with Crippen molar-refractivity contribution in [1.82, 2.24) is 15.0 Å². The van der Waals surface area contributed by atoms with Gasteiger partial charge in [-0.15, -0.1) is 0 Å². The number of aliphatic hydroxyl groups excluding tert-OH is 4. The summed E-state index contributed by atoms with van der Waals surface area (Å²) in [6.07, 6.45) is -4.49. The molecule has 0 bridgehead atoms. The average Bonchev–Trinajstić information content (AvgIpc) is 3.39. The van der Waals surface area contributed by atoms with Crippen molar-refractivity contribution in [2.75, 3.05) is 12.8 Å². The fourth-order valence-electron chi connectivity index (χ4n) is 5.48. The van der Waals surface area contributed by atoms with E-state index in [2.05, 4.69) is 83.1 Å². The number of aliphatic hydroxyl groups is 4. The third kappa shape index (κ3) is 6.26. The van der Waals surface area contributed by atoms with Crippen LogP contribution in [0.3, 0.4) is 0 Å². The van der Waals surface area contributed by atoms with Gasteiger partial charge in [-0.05, 0) is 49.2 Å². The number of nitrogens with zero attached hydrogens (tertiary/aromatic N) is 2. The molecule has 1 saturated heterocycles. The number of aryl methyl sites for hydroxylation is 1. The quantitative estimate of drug-likeness (QED) is 0.119. The van der Waals surface area contributed by atoms with Gasteiger partial charge in [-0.25, -0.2) is 9.90 Å². The fraction of sp³-hybridized carbons (Fsp3) is 0.355. The van der Waals surface area contributed by atoms with Gasteiger partial charge >= 0.3 is 0 Å². The van der Waals surface area contributed by atoms with Gasteiger partial charge < -0.3 is 29.9 Å². The molecule has 2 heterocycles. The Balaban J connectivity index is 1.27. The van der Waals surface area contributed by atoms with Gasteiger partial charge in [-0.2, -0.15) is 5.10 Å². The molecule has 5 rings (SSSR count). The maximum absolute atomic E-state index is 13.0. The molecule has 11 heteroatoms. The van der Waals surface area contributed by atoms with Crippen LogP contribution in [0.4, 0.5) is 0 Å². The van der Waals surface area contributed by atoms with Gasteiger partial charge in [-0.1, -0.05) is 54.6 Å². The highest BCUT2D eigenvalue weighted by atomic mass is 31.2. The highest BCUT2D eigenvalue weighted by Gasteiger charge is 2.45. The lowest BCUT2D eigenvalue weighted by atomic mass is 9.99. The van der Waals surface area contributed by atoms with Crippen LogP contribution >= 0.6 is 7.26 Å². The van der Waals surface area contributed by atoms with Gasteiger partial charge in [0.2, 0.25) is 0 Å². The molecule has 42 heavy (non-hydrogen) atoms. The molecular weight excluding hydrogens is 557 g/mol. The van der Waals surface area contributed by atoms with Crippen LogP contribution in [0.15, 0.2) is 95.8 Å². The second kappa shape index (κ2) is 13.8. The molecule has 0 amide bonds. The summed E-state index contributed by atoms with van der Waals surface area (Å²) in [7, 11) is -1.96.